The number of ether oxygens (including phenoxy) is 2. The van der Waals surface area contributed by atoms with Gasteiger partial charge < -0.3 is 30.9 Å². The molecule has 12 nitrogen and oxygen atoms in total. The largest absolute Gasteiger partial charge is 0.465 e. The van der Waals surface area contributed by atoms with Gasteiger partial charge in [0.1, 0.15) is 11.3 Å². The molecule has 5 aromatic rings. The topological polar surface area (TPSA) is 167 Å². The van der Waals surface area contributed by atoms with Crippen LogP contribution in [0.15, 0.2) is 79.0 Å². The normalized spacial score (nSPS) is 17.4. The fraction of sp³-hybridized carbons (Fsp3) is 0.242. The number of pyridine rings is 2. The Labute approximate surface area is 258 Å². The average molecular weight is 606 g/mol. The molecule has 0 radical (unpaired) electrons. The number of nitrogens with zero attached hydrogens (tertiary/aromatic N) is 4. The van der Waals surface area contributed by atoms with Crippen LogP contribution in [-0.4, -0.2) is 62.6 Å². The molecule has 0 bridgehead atoms. The van der Waals surface area contributed by atoms with Gasteiger partial charge in [-0.05, 0) is 73.4 Å². The number of nitrogens with two attached hydrogens (primary N) is 1. The maximum Gasteiger partial charge on any atom is 0.405 e. The molecule has 3 aromatic heterocycles. The van der Waals surface area contributed by atoms with E-state index in [1.54, 1.807) is 12.3 Å². The van der Waals surface area contributed by atoms with Crippen molar-refractivity contribution < 1.29 is 24.2 Å². The van der Waals surface area contributed by atoms with Crippen molar-refractivity contribution in [1.29, 1.82) is 0 Å². The number of nitrogens with one attached hydrogen (secondary N) is 2. The second-order valence-electron chi connectivity index (χ2n) is 11.2. The molecule has 2 amide bonds. The molecule has 1 unspecified atom stereocenters. The Morgan fingerprint density at radius 3 is 2.56 bits per heavy atom. The minimum Gasteiger partial charge on any atom is -0.465 e. The zero-order valence-corrected chi connectivity index (χ0v) is 24.3. The van der Waals surface area contributed by atoms with Crippen LogP contribution in [0.1, 0.15) is 24.8 Å². The van der Waals surface area contributed by atoms with Gasteiger partial charge in [0.2, 0.25) is 0 Å². The SMILES string of the molecule is Nc1ncccc1-c1nc2ccc(-c3cccc(NC(=O)C4COCCO4)c3)nc2n1-c1ccc(C2(NC(=O)O)CCC2)cc1. The first-order valence-corrected chi connectivity index (χ1v) is 14.7. The molecule has 4 heterocycles. The van der Waals surface area contributed by atoms with E-state index in [9.17, 15) is 14.7 Å². The third-order valence-corrected chi connectivity index (χ3v) is 8.35. The minimum absolute atomic E-state index is 0.218. The third-order valence-electron chi connectivity index (χ3n) is 8.35. The number of anilines is 2. The zero-order chi connectivity index (χ0) is 31.0. The van der Waals surface area contributed by atoms with Crippen LogP contribution in [0.5, 0.6) is 0 Å². The van der Waals surface area contributed by atoms with Gasteiger partial charge in [0, 0.05) is 23.1 Å². The Kier molecular flexibility index (Phi) is 7.35. The highest BCUT2D eigenvalue weighted by Gasteiger charge is 2.40. The van der Waals surface area contributed by atoms with Gasteiger partial charge in [0.15, 0.2) is 17.6 Å². The van der Waals surface area contributed by atoms with Gasteiger partial charge in [-0.25, -0.2) is 19.7 Å². The second kappa shape index (κ2) is 11.6. The zero-order valence-electron chi connectivity index (χ0n) is 24.3. The van der Waals surface area contributed by atoms with Crippen molar-refractivity contribution in [3.8, 4) is 28.3 Å². The molecule has 5 N–H and O–H groups in total. The maximum absolute atomic E-state index is 12.7. The molecule has 1 aliphatic carbocycles. The summed E-state index contributed by atoms with van der Waals surface area (Å²) in [7, 11) is 0. The standard InChI is InChI=1S/C33H31N7O5/c34-28-24(6-2-15-35-28)29-38-26-12-11-25(20-4-1-5-22(18-20)36-31(41)27-19-44-16-17-45-27)37-30(26)40(29)23-9-7-21(8-10-23)33(13-3-14-33)39-32(42)43/h1-2,4-12,15,18,27,39H,3,13-14,16-17,19H2,(H2,34,35)(H,36,41)(H,42,43). The van der Waals surface area contributed by atoms with Gasteiger partial charge in [-0.3, -0.25) is 9.36 Å². The molecule has 2 fully saturated rings. The molecule has 45 heavy (non-hydrogen) atoms. The molecule has 1 saturated heterocycles. The quantitative estimate of drug-likeness (QED) is 0.205. The fourth-order valence-electron chi connectivity index (χ4n) is 5.92. The summed E-state index contributed by atoms with van der Waals surface area (Å²) in [6.45, 7) is 1.08. The number of benzene rings is 2. The van der Waals surface area contributed by atoms with Crippen LogP contribution in [0.2, 0.25) is 0 Å². The summed E-state index contributed by atoms with van der Waals surface area (Å²) in [5, 5.41) is 15.1. The lowest BCUT2D eigenvalue weighted by atomic mass is 9.72. The number of amides is 2. The summed E-state index contributed by atoms with van der Waals surface area (Å²) < 4.78 is 12.8. The van der Waals surface area contributed by atoms with E-state index in [1.165, 1.54) is 0 Å². The number of hydrogen-bond donors (Lipinski definition) is 4. The lowest BCUT2D eigenvalue weighted by Crippen LogP contribution is -2.50. The number of carboxylic acid groups (broad SMARTS) is 1. The number of nitrogen functional groups attached to an aromatic ring is 1. The molecule has 0 spiro atoms. The van der Waals surface area contributed by atoms with E-state index in [-0.39, 0.29) is 12.5 Å². The fourth-order valence-corrected chi connectivity index (χ4v) is 5.92. The molecule has 228 valence electrons. The van der Waals surface area contributed by atoms with Crippen molar-refractivity contribution in [2.75, 3.05) is 30.9 Å². The summed E-state index contributed by atoms with van der Waals surface area (Å²) in [5.41, 5.74) is 11.4. The minimum atomic E-state index is -1.04. The molecular weight excluding hydrogens is 574 g/mol. The number of rotatable bonds is 7. The van der Waals surface area contributed by atoms with Crippen LogP contribution >= 0.6 is 0 Å². The summed E-state index contributed by atoms with van der Waals surface area (Å²) in [6.07, 6.45) is 2.38. The molecule has 2 aromatic carbocycles. The van der Waals surface area contributed by atoms with E-state index < -0.39 is 17.7 Å². The van der Waals surface area contributed by atoms with Crippen molar-refractivity contribution in [3.05, 3.63) is 84.6 Å². The monoisotopic (exact) mass is 605 g/mol. The maximum atomic E-state index is 12.7. The number of carbonyl (C=O) groups excluding carboxylic acids is 1. The smallest absolute Gasteiger partial charge is 0.405 e. The van der Waals surface area contributed by atoms with Crippen LogP contribution in [-0.2, 0) is 19.8 Å². The average Bonchev–Trinajstić information content (AvgIpc) is 3.42. The molecule has 1 saturated carbocycles. The van der Waals surface area contributed by atoms with E-state index in [4.69, 9.17) is 25.2 Å². The number of aromatic nitrogens is 4. The summed E-state index contributed by atoms with van der Waals surface area (Å²) in [5.74, 6) is 0.643. The highest BCUT2D eigenvalue weighted by atomic mass is 16.6. The Balaban J connectivity index is 1.28. The highest BCUT2D eigenvalue weighted by Crippen LogP contribution is 2.42. The van der Waals surface area contributed by atoms with Crippen molar-refractivity contribution >= 4 is 34.7 Å². The van der Waals surface area contributed by atoms with Gasteiger partial charge in [-0.15, -0.1) is 0 Å². The molecule has 1 atom stereocenters. The molecule has 12 heteroatoms. The highest BCUT2D eigenvalue weighted by molar-refractivity contribution is 5.95. The van der Waals surface area contributed by atoms with Crippen molar-refractivity contribution in [1.82, 2.24) is 24.8 Å². The van der Waals surface area contributed by atoms with E-state index in [0.717, 1.165) is 36.1 Å². The number of hydrogen-bond acceptors (Lipinski definition) is 8. The summed E-state index contributed by atoms with van der Waals surface area (Å²) in [4.78, 5) is 38.5. The molecule has 1 aliphatic heterocycles. The van der Waals surface area contributed by atoms with E-state index in [2.05, 4.69) is 15.6 Å². The van der Waals surface area contributed by atoms with Gasteiger partial charge in [-0.1, -0.05) is 24.3 Å². The van der Waals surface area contributed by atoms with Crippen LogP contribution in [0, 0.1) is 0 Å². The lowest BCUT2D eigenvalue weighted by Gasteiger charge is -2.42. The molecule has 2 aliphatic rings. The Bertz CT molecular complexity index is 1900. The third kappa shape index (κ3) is 5.45. The summed E-state index contributed by atoms with van der Waals surface area (Å²) in [6, 6.07) is 22.7. The van der Waals surface area contributed by atoms with Crippen molar-refractivity contribution in [2.45, 2.75) is 30.9 Å². The summed E-state index contributed by atoms with van der Waals surface area (Å²) >= 11 is 0. The number of carbonyl (C=O) groups is 2. The Morgan fingerprint density at radius 1 is 1.00 bits per heavy atom. The Hall–Kier alpha value is -5.33. The predicted molar refractivity (Wildman–Crippen MR) is 168 cm³/mol. The van der Waals surface area contributed by atoms with Gasteiger partial charge in [-0.2, -0.15) is 0 Å². The van der Waals surface area contributed by atoms with E-state index in [0.29, 0.717) is 53.0 Å². The first kappa shape index (κ1) is 28.4. The van der Waals surface area contributed by atoms with Crippen LogP contribution in [0.3, 0.4) is 0 Å². The van der Waals surface area contributed by atoms with Gasteiger partial charge in [0.25, 0.3) is 5.91 Å². The molecule has 7 rings (SSSR count). The van der Waals surface area contributed by atoms with Crippen molar-refractivity contribution in [2.24, 2.45) is 0 Å². The van der Waals surface area contributed by atoms with E-state index in [1.807, 2.05) is 71.3 Å². The first-order chi connectivity index (χ1) is 21.9. The predicted octanol–water partition coefficient (Wildman–Crippen LogP) is 4.73. The second-order valence-corrected chi connectivity index (χ2v) is 11.2. The van der Waals surface area contributed by atoms with Gasteiger partial charge in [0.05, 0.1) is 36.6 Å². The van der Waals surface area contributed by atoms with Crippen molar-refractivity contribution in [3.63, 3.8) is 0 Å². The number of fused-ring (bicyclic) bond motifs is 1. The van der Waals surface area contributed by atoms with E-state index >= 15 is 0 Å². The first-order valence-electron chi connectivity index (χ1n) is 14.7. The van der Waals surface area contributed by atoms with Gasteiger partial charge >= 0.3 is 6.09 Å². The Morgan fingerprint density at radius 2 is 1.84 bits per heavy atom. The lowest BCUT2D eigenvalue weighted by molar-refractivity contribution is -0.142. The molecular formula is C33H31N7O5. The van der Waals surface area contributed by atoms with Crippen LogP contribution in [0.4, 0.5) is 16.3 Å². The van der Waals surface area contributed by atoms with Crippen LogP contribution in [0.25, 0.3) is 39.5 Å². The number of imidazole rings is 1. The van der Waals surface area contributed by atoms with Crippen LogP contribution < -0.4 is 16.4 Å².